The van der Waals surface area contributed by atoms with Crippen LogP contribution >= 0.6 is 0 Å². The number of carbonyl (C=O) groups excluding carboxylic acids is 1. The van der Waals surface area contributed by atoms with Crippen molar-refractivity contribution in [3.8, 4) is 0 Å². The lowest BCUT2D eigenvalue weighted by atomic mass is 9.90. The largest absolute Gasteiger partial charge is 0.469 e. The number of esters is 1. The minimum Gasteiger partial charge on any atom is -0.469 e. The van der Waals surface area contributed by atoms with Crippen LogP contribution in [0.1, 0.15) is 34.1 Å². The summed E-state index contributed by atoms with van der Waals surface area (Å²) in [5.74, 6) is 0.636. The van der Waals surface area contributed by atoms with Gasteiger partial charge in [-0.1, -0.05) is 27.2 Å². The van der Waals surface area contributed by atoms with Gasteiger partial charge in [0.15, 0.2) is 0 Å². The molecule has 1 aliphatic heterocycles. The van der Waals surface area contributed by atoms with Crippen LogP contribution in [0.2, 0.25) is 0 Å². The fourth-order valence-corrected chi connectivity index (χ4v) is 1.65. The minimum absolute atomic E-state index is 0.242. The molecule has 1 fully saturated rings. The van der Waals surface area contributed by atoms with Gasteiger partial charge in [-0.05, 0) is 5.92 Å². The molecule has 1 rings (SSSR count). The quantitative estimate of drug-likeness (QED) is 0.612. The Labute approximate surface area is 111 Å². The fraction of sp³-hybridized carbons (Fsp3) is 0.786. The number of carbonyl (C=O) groups is 1. The Hall–Kier alpha value is -0.870. The van der Waals surface area contributed by atoms with Crippen molar-refractivity contribution in [3.05, 3.63) is 13.2 Å². The van der Waals surface area contributed by atoms with Crippen LogP contribution in [0, 0.1) is 11.8 Å². The molecule has 4 heteroatoms. The van der Waals surface area contributed by atoms with Crippen LogP contribution in [0.25, 0.3) is 0 Å². The number of rotatable bonds is 2. The highest BCUT2D eigenvalue weighted by Crippen LogP contribution is 2.28. The molecule has 108 valence electrons. The van der Waals surface area contributed by atoms with Crippen molar-refractivity contribution in [2.24, 2.45) is 11.8 Å². The lowest BCUT2D eigenvalue weighted by molar-refractivity contribution is -0.137. The summed E-state index contributed by atoms with van der Waals surface area (Å²) in [5.41, 5.74) is 0. The summed E-state index contributed by atoms with van der Waals surface area (Å²) >= 11 is 0. The number of hydrogen-bond acceptors (Lipinski definition) is 4. The molecule has 4 unspecified atom stereocenters. The second kappa shape index (κ2) is 11.2. The van der Waals surface area contributed by atoms with Crippen molar-refractivity contribution < 1.29 is 19.4 Å². The van der Waals surface area contributed by atoms with Crippen molar-refractivity contribution in [2.45, 2.75) is 46.3 Å². The molecular weight excluding hydrogens is 232 g/mol. The van der Waals surface area contributed by atoms with Gasteiger partial charge in [-0.2, -0.15) is 0 Å². The van der Waals surface area contributed by atoms with E-state index < -0.39 is 0 Å². The summed E-state index contributed by atoms with van der Waals surface area (Å²) < 4.78 is 9.59. The van der Waals surface area contributed by atoms with E-state index in [4.69, 9.17) is 4.74 Å². The van der Waals surface area contributed by atoms with E-state index in [9.17, 15) is 9.90 Å². The summed E-state index contributed by atoms with van der Waals surface area (Å²) in [4.78, 5) is 9.59. The first-order valence-corrected chi connectivity index (χ1v) is 6.28. The molecule has 0 amide bonds. The van der Waals surface area contributed by atoms with Gasteiger partial charge in [-0.15, -0.1) is 13.2 Å². The van der Waals surface area contributed by atoms with Crippen molar-refractivity contribution in [1.29, 1.82) is 0 Å². The Kier molecular flexibility index (Phi) is 12.2. The summed E-state index contributed by atoms with van der Waals surface area (Å²) in [6.07, 6.45) is 1.16. The first-order chi connectivity index (χ1) is 8.43. The zero-order chi connectivity index (χ0) is 14.7. The number of aliphatic hydroxyl groups is 1. The van der Waals surface area contributed by atoms with Crippen LogP contribution in [-0.4, -0.2) is 37.0 Å². The lowest BCUT2D eigenvalue weighted by Gasteiger charge is -2.21. The number of aliphatic hydroxyl groups excluding tert-OH is 1. The van der Waals surface area contributed by atoms with E-state index in [-0.39, 0.29) is 18.2 Å². The topological polar surface area (TPSA) is 55.8 Å². The Bertz CT molecular complexity index is 218. The molecule has 0 saturated carbocycles. The highest BCUT2D eigenvalue weighted by molar-refractivity contribution is 5.65. The normalized spacial score (nSPS) is 27.1. The van der Waals surface area contributed by atoms with Gasteiger partial charge in [0.1, 0.15) is 0 Å². The number of ether oxygens (including phenoxy) is 2. The predicted octanol–water partition coefficient (Wildman–Crippen LogP) is 2.41. The van der Waals surface area contributed by atoms with Gasteiger partial charge >= 0.3 is 5.97 Å². The summed E-state index contributed by atoms with van der Waals surface area (Å²) in [7, 11) is 1.35. The maximum absolute atomic E-state index is 9.59. The van der Waals surface area contributed by atoms with Crippen molar-refractivity contribution in [3.63, 3.8) is 0 Å². The molecule has 1 aliphatic rings. The highest BCUT2D eigenvalue weighted by atomic mass is 16.5. The van der Waals surface area contributed by atoms with E-state index >= 15 is 0 Å². The minimum atomic E-state index is -0.245. The summed E-state index contributed by atoms with van der Waals surface area (Å²) in [5, 5.41) is 9.39. The second-order valence-corrected chi connectivity index (χ2v) is 4.31. The monoisotopic (exact) mass is 260 g/mol. The first-order valence-electron chi connectivity index (χ1n) is 6.28. The van der Waals surface area contributed by atoms with Gasteiger partial charge in [0.05, 0.1) is 25.9 Å². The van der Waals surface area contributed by atoms with Gasteiger partial charge in [0, 0.05) is 12.8 Å². The zero-order valence-corrected chi connectivity index (χ0v) is 12.3. The molecule has 1 N–H and O–H groups in total. The summed E-state index contributed by atoms with van der Waals surface area (Å²) in [6, 6.07) is 0. The maximum atomic E-state index is 9.59. The summed E-state index contributed by atoms with van der Waals surface area (Å²) in [6.45, 7) is 14.3. The number of methoxy groups -OCH3 is 1. The molecule has 1 saturated heterocycles. The molecule has 0 aliphatic carbocycles. The molecule has 1 heterocycles. The van der Waals surface area contributed by atoms with Crippen LogP contribution in [-0.2, 0) is 14.3 Å². The predicted molar refractivity (Wildman–Crippen MR) is 73.3 cm³/mol. The van der Waals surface area contributed by atoms with Crippen LogP contribution in [0.15, 0.2) is 13.2 Å². The highest BCUT2D eigenvalue weighted by Gasteiger charge is 2.34. The van der Waals surface area contributed by atoms with E-state index in [0.29, 0.717) is 18.4 Å². The molecular formula is C14H28O4. The average Bonchev–Trinajstić information content (AvgIpc) is 2.72. The van der Waals surface area contributed by atoms with E-state index in [0.717, 1.165) is 6.42 Å². The van der Waals surface area contributed by atoms with E-state index in [1.807, 2.05) is 0 Å². The van der Waals surface area contributed by atoms with E-state index in [1.54, 1.807) is 0 Å². The Morgan fingerprint density at radius 2 is 2.00 bits per heavy atom. The molecule has 4 nitrogen and oxygen atoms in total. The Morgan fingerprint density at radius 1 is 1.56 bits per heavy atom. The van der Waals surface area contributed by atoms with Crippen LogP contribution < -0.4 is 0 Å². The number of hydrogen-bond donors (Lipinski definition) is 1. The van der Waals surface area contributed by atoms with Gasteiger partial charge < -0.3 is 14.6 Å². The molecule has 18 heavy (non-hydrogen) atoms. The standard InChI is InChI=1S/C9H18O2.C3H6O2.C2H4/c1-4-6(2)9-7(3)8(10)5-11-9;1-3(4)5-2;1-2/h6-10H,4-5H2,1-3H3;1-2H3;1-2H2. The van der Waals surface area contributed by atoms with Crippen molar-refractivity contribution in [2.75, 3.05) is 13.7 Å². The zero-order valence-electron chi connectivity index (χ0n) is 12.3. The first kappa shape index (κ1) is 19.5. The molecule has 0 spiro atoms. The smallest absolute Gasteiger partial charge is 0.302 e. The van der Waals surface area contributed by atoms with Gasteiger partial charge in [-0.3, -0.25) is 4.79 Å². The van der Waals surface area contributed by atoms with Gasteiger partial charge in [0.25, 0.3) is 0 Å². The third-order valence-electron chi connectivity index (χ3n) is 3.08. The van der Waals surface area contributed by atoms with Crippen molar-refractivity contribution in [1.82, 2.24) is 0 Å². The van der Waals surface area contributed by atoms with E-state index in [1.165, 1.54) is 14.0 Å². The molecule has 0 aromatic heterocycles. The molecule has 0 bridgehead atoms. The average molecular weight is 260 g/mol. The molecule has 0 aromatic carbocycles. The molecule has 0 aromatic rings. The third kappa shape index (κ3) is 7.45. The lowest BCUT2D eigenvalue weighted by Crippen LogP contribution is -2.26. The van der Waals surface area contributed by atoms with Gasteiger partial charge in [0.2, 0.25) is 0 Å². The van der Waals surface area contributed by atoms with Crippen LogP contribution in [0.5, 0.6) is 0 Å². The van der Waals surface area contributed by atoms with Crippen molar-refractivity contribution >= 4 is 5.97 Å². The molecule has 0 radical (unpaired) electrons. The fourth-order valence-electron chi connectivity index (χ4n) is 1.65. The van der Waals surface area contributed by atoms with Crippen LogP contribution in [0.4, 0.5) is 0 Å². The van der Waals surface area contributed by atoms with Gasteiger partial charge in [-0.25, -0.2) is 0 Å². The molecule has 4 atom stereocenters. The van der Waals surface area contributed by atoms with Crippen LogP contribution in [0.3, 0.4) is 0 Å². The SMILES string of the molecule is C=C.CCC(C)C1OCC(O)C1C.COC(C)=O. The second-order valence-electron chi connectivity index (χ2n) is 4.31. The van der Waals surface area contributed by atoms with E-state index in [2.05, 4.69) is 38.7 Å². The Morgan fingerprint density at radius 3 is 2.22 bits per heavy atom. The third-order valence-corrected chi connectivity index (χ3v) is 3.08. The maximum Gasteiger partial charge on any atom is 0.302 e. The Balaban J connectivity index is 0.